The van der Waals surface area contributed by atoms with Gasteiger partial charge in [-0.05, 0) is 0 Å². The Labute approximate surface area is 106 Å². The van der Waals surface area contributed by atoms with Gasteiger partial charge in [0.1, 0.15) is 0 Å². The first kappa shape index (κ1) is 23.0. The zero-order valence-corrected chi connectivity index (χ0v) is 6.00. The molecular weight excluding hydrogens is 183 g/mol. The Hall–Kier alpha value is 3.02. The molecule has 0 atom stereocenters. The average Bonchev–Trinajstić information content (AvgIpc) is 1.50. The minimum absolute atomic E-state index is 0. The topological polar surface area (TPSA) is 46.1 Å². The van der Waals surface area contributed by atoms with Crippen LogP contribution in [0.4, 0.5) is 0 Å². The molecular formula is H2Ca2Cl2O2. The first-order chi connectivity index (χ1) is 2.00. The van der Waals surface area contributed by atoms with Crippen LogP contribution in [0, 0.1) is 0 Å². The fourth-order valence-electron chi connectivity index (χ4n) is 0. The molecule has 0 bridgehead atoms. The summed E-state index contributed by atoms with van der Waals surface area (Å²) in [5, 5.41) is 0. The van der Waals surface area contributed by atoms with Gasteiger partial charge in [0.2, 0.25) is 0 Å². The van der Waals surface area contributed by atoms with Gasteiger partial charge in [-0.3, -0.25) is 0 Å². The van der Waals surface area contributed by atoms with Crippen LogP contribution in [0.3, 0.4) is 0 Å². The average molecular weight is 185 g/mol. The van der Waals surface area contributed by atoms with E-state index in [4.69, 9.17) is 9.32 Å². The molecule has 0 radical (unpaired) electrons. The molecule has 0 heterocycles. The van der Waals surface area contributed by atoms with Crippen LogP contribution in [-0.4, -0.2) is 75.5 Å². The van der Waals surface area contributed by atoms with E-state index in [2.05, 4.69) is 23.7 Å². The van der Waals surface area contributed by atoms with E-state index in [0.717, 1.165) is 0 Å². The molecule has 0 aliphatic rings. The summed E-state index contributed by atoms with van der Waals surface area (Å²) in [5.41, 5.74) is 0. The van der Waals surface area contributed by atoms with Gasteiger partial charge >= 0.3 is 75.5 Å². The molecule has 0 saturated heterocycles. The summed E-state index contributed by atoms with van der Waals surface area (Å²) in [5.74, 6) is 0. The number of hydrogen-bond donors (Lipinski definition) is 0. The SMILES string of the molecule is [Ca+2].[CaH2].[O-]Cl.[O-]Cl. The quantitative estimate of drug-likeness (QED) is 0.398. The van der Waals surface area contributed by atoms with Crippen molar-refractivity contribution in [3.8, 4) is 0 Å². The van der Waals surface area contributed by atoms with E-state index < -0.39 is 0 Å². The zero-order valence-electron chi connectivity index (χ0n) is 2.28. The van der Waals surface area contributed by atoms with E-state index in [1.165, 1.54) is 0 Å². The largest absolute Gasteiger partial charge is 0.769 e. The third-order valence-electron chi connectivity index (χ3n) is 0. The second kappa shape index (κ2) is 43.3. The minimum atomic E-state index is 0. The molecule has 6 heteroatoms. The van der Waals surface area contributed by atoms with Gasteiger partial charge in [0.15, 0.2) is 0 Å². The molecule has 0 rings (SSSR count). The molecule has 0 aliphatic carbocycles. The van der Waals surface area contributed by atoms with Crippen LogP contribution in [0.5, 0.6) is 0 Å². The van der Waals surface area contributed by atoms with Gasteiger partial charge < -0.3 is 9.32 Å². The first-order valence-corrected chi connectivity index (χ1v) is 0.926. The number of rotatable bonds is 0. The molecule has 0 aromatic carbocycles. The van der Waals surface area contributed by atoms with Gasteiger partial charge in [-0.2, -0.15) is 0 Å². The summed E-state index contributed by atoms with van der Waals surface area (Å²) >= 11 is 6.78. The Bertz CT molecular complexity index is 9.51. The second-order valence-electron chi connectivity index (χ2n) is 0. The maximum absolute atomic E-state index is 7.72. The summed E-state index contributed by atoms with van der Waals surface area (Å²) < 4.78 is 15.4. The summed E-state index contributed by atoms with van der Waals surface area (Å²) in [4.78, 5) is 0. The standard InChI is InChI=1S/2Ca.2ClO.2H/c;;2*1-2;;/q;+2;2*-1;;. The van der Waals surface area contributed by atoms with Gasteiger partial charge in [0.25, 0.3) is 0 Å². The third-order valence-corrected chi connectivity index (χ3v) is 0. The van der Waals surface area contributed by atoms with Crippen LogP contribution in [0.2, 0.25) is 0 Å². The molecule has 0 fully saturated rings. The Morgan fingerprint density at radius 1 is 0.833 bits per heavy atom. The van der Waals surface area contributed by atoms with Crippen molar-refractivity contribution in [2.24, 2.45) is 0 Å². The smallest absolute Gasteiger partial charge is 0.231 e. The second-order valence-corrected chi connectivity index (χ2v) is 0. The van der Waals surface area contributed by atoms with Gasteiger partial charge in [-0.1, -0.05) is 0 Å². The molecule has 0 aromatic heterocycles. The van der Waals surface area contributed by atoms with Crippen molar-refractivity contribution >= 4 is 99.2 Å². The van der Waals surface area contributed by atoms with Crippen molar-refractivity contribution in [1.29, 1.82) is 0 Å². The fraction of sp³-hybridized carbons (Fsp3) is 0. The van der Waals surface area contributed by atoms with Crippen molar-refractivity contribution in [2.45, 2.75) is 0 Å². The summed E-state index contributed by atoms with van der Waals surface area (Å²) in [6.07, 6.45) is 0. The van der Waals surface area contributed by atoms with E-state index >= 15 is 0 Å². The van der Waals surface area contributed by atoms with E-state index in [9.17, 15) is 0 Å². The molecule has 0 saturated carbocycles. The molecule has 0 spiro atoms. The fourth-order valence-corrected chi connectivity index (χ4v) is 0. The van der Waals surface area contributed by atoms with Crippen LogP contribution in [0.25, 0.3) is 0 Å². The third kappa shape index (κ3) is 27.9. The molecule has 6 heavy (non-hydrogen) atoms. The van der Waals surface area contributed by atoms with Crippen LogP contribution in [-0.2, 0) is 0 Å². The normalized spacial score (nSPS) is 2.00. The van der Waals surface area contributed by atoms with E-state index in [1.54, 1.807) is 0 Å². The van der Waals surface area contributed by atoms with Crippen LogP contribution >= 0.6 is 23.7 Å². The first-order valence-electron chi connectivity index (χ1n) is 0.309. The molecule has 2 nitrogen and oxygen atoms in total. The van der Waals surface area contributed by atoms with Crippen molar-refractivity contribution in [3.05, 3.63) is 0 Å². The summed E-state index contributed by atoms with van der Waals surface area (Å²) in [7, 11) is 0. The molecule has 0 aromatic rings. The Morgan fingerprint density at radius 2 is 0.833 bits per heavy atom. The van der Waals surface area contributed by atoms with Crippen molar-refractivity contribution in [1.82, 2.24) is 0 Å². The Balaban J connectivity index is -0.00000000500. The Kier molecular flexibility index (Phi) is 166. The van der Waals surface area contributed by atoms with Crippen LogP contribution < -0.4 is 9.32 Å². The van der Waals surface area contributed by atoms with Crippen LogP contribution in [0.15, 0.2) is 0 Å². The summed E-state index contributed by atoms with van der Waals surface area (Å²) in [6.45, 7) is 0. The van der Waals surface area contributed by atoms with Crippen molar-refractivity contribution in [2.75, 3.05) is 0 Å². The van der Waals surface area contributed by atoms with Gasteiger partial charge in [0, 0.05) is 0 Å². The minimum Gasteiger partial charge on any atom is -0.769 e. The molecule has 0 N–H and O–H groups in total. The number of hydrogen-bond acceptors (Lipinski definition) is 2. The maximum Gasteiger partial charge on any atom is -0.231 e. The van der Waals surface area contributed by atoms with Crippen molar-refractivity contribution < 1.29 is 9.32 Å². The van der Waals surface area contributed by atoms with Gasteiger partial charge in [0.05, 0.1) is 0 Å². The number of halogens is 2. The van der Waals surface area contributed by atoms with Gasteiger partial charge in [-0.15, -0.1) is 0 Å². The van der Waals surface area contributed by atoms with E-state index in [1.807, 2.05) is 0 Å². The Morgan fingerprint density at radius 3 is 0.833 bits per heavy atom. The monoisotopic (exact) mass is 184 g/mol. The molecule has 32 valence electrons. The van der Waals surface area contributed by atoms with Crippen molar-refractivity contribution in [3.63, 3.8) is 0 Å². The molecule has 0 unspecified atom stereocenters. The van der Waals surface area contributed by atoms with Gasteiger partial charge in [-0.25, -0.2) is 23.7 Å². The predicted molar refractivity (Wildman–Crippen MR) is 26.0 cm³/mol. The van der Waals surface area contributed by atoms with Crippen LogP contribution in [0.1, 0.15) is 0 Å². The maximum atomic E-state index is 7.72. The molecule has 0 aliphatic heterocycles. The van der Waals surface area contributed by atoms with E-state index in [0.29, 0.717) is 0 Å². The molecule has 0 amide bonds. The summed E-state index contributed by atoms with van der Waals surface area (Å²) in [6, 6.07) is 0. The zero-order chi connectivity index (χ0) is 4.00. The predicted octanol–water partition coefficient (Wildman–Crippen LogP) is -2.30. The van der Waals surface area contributed by atoms with E-state index in [-0.39, 0.29) is 75.5 Å².